The standard InChI is InChI=1S/C15H18N2O5S2/c18-15(17-5-8-21-9-6-17)16-11-13(12-3-1-7-22-12)24(19,20)14-4-2-10-23-14/h1-4,7,10,13H,5-6,8-9,11H2,(H,16,18). The number of thiophene rings is 1. The maximum Gasteiger partial charge on any atom is 0.317 e. The molecule has 2 amide bonds. The van der Waals surface area contributed by atoms with Gasteiger partial charge in [-0.3, -0.25) is 0 Å². The second-order valence-electron chi connectivity index (χ2n) is 5.27. The predicted molar refractivity (Wildman–Crippen MR) is 88.7 cm³/mol. The average Bonchev–Trinajstić information content (AvgIpc) is 3.29. The van der Waals surface area contributed by atoms with E-state index in [9.17, 15) is 13.2 Å². The minimum absolute atomic E-state index is 0.0516. The topological polar surface area (TPSA) is 88.8 Å². The van der Waals surface area contributed by atoms with Crippen molar-refractivity contribution in [2.75, 3.05) is 32.8 Å². The van der Waals surface area contributed by atoms with Crippen LogP contribution in [-0.4, -0.2) is 52.2 Å². The van der Waals surface area contributed by atoms with Crippen LogP contribution in [0.5, 0.6) is 0 Å². The molecule has 0 saturated carbocycles. The number of urea groups is 1. The third-order valence-corrected chi connectivity index (χ3v) is 7.24. The lowest BCUT2D eigenvalue weighted by Crippen LogP contribution is -2.47. The summed E-state index contributed by atoms with van der Waals surface area (Å²) in [6, 6.07) is 6.19. The van der Waals surface area contributed by atoms with E-state index in [-0.39, 0.29) is 16.8 Å². The van der Waals surface area contributed by atoms with E-state index in [2.05, 4.69) is 5.32 Å². The molecule has 1 aliphatic heterocycles. The highest BCUT2D eigenvalue weighted by molar-refractivity contribution is 7.93. The van der Waals surface area contributed by atoms with Gasteiger partial charge in [0.1, 0.15) is 15.2 Å². The van der Waals surface area contributed by atoms with E-state index in [0.717, 1.165) is 11.3 Å². The molecule has 24 heavy (non-hydrogen) atoms. The number of nitrogens with one attached hydrogen (secondary N) is 1. The number of hydrogen-bond acceptors (Lipinski definition) is 6. The number of morpholine rings is 1. The molecule has 3 heterocycles. The number of ether oxygens (including phenoxy) is 1. The van der Waals surface area contributed by atoms with Gasteiger partial charge >= 0.3 is 6.03 Å². The van der Waals surface area contributed by atoms with Gasteiger partial charge in [0, 0.05) is 19.6 Å². The normalized spacial score (nSPS) is 16.8. The first-order chi connectivity index (χ1) is 11.6. The van der Waals surface area contributed by atoms with E-state index in [0.29, 0.717) is 32.1 Å². The van der Waals surface area contributed by atoms with Crippen molar-refractivity contribution in [2.45, 2.75) is 9.46 Å². The van der Waals surface area contributed by atoms with Crippen LogP contribution in [0.4, 0.5) is 4.79 Å². The Balaban J connectivity index is 1.75. The number of nitrogens with zero attached hydrogens (tertiary/aromatic N) is 1. The highest BCUT2D eigenvalue weighted by atomic mass is 32.2. The van der Waals surface area contributed by atoms with Crippen molar-refractivity contribution < 1.29 is 22.4 Å². The first kappa shape index (κ1) is 17.0. The third-order valence-electron chi connectivity index (χ3n) is 3.75. The Bertz CT molecular complexity index is 750. The summed E-state index contributed by atoms with van der Waals surface area (Å²) < 4.78 is 36.5. The number of rotatable bonds is 5. The number of sulfone groups is 1. The largest absolute Gasteiger partial charge is 0.468 e. The molecular weight excluding hydrogens is 352 g/mol. The Morgan fingerprint density at radius 3 is 2.71 bits per heavy atom. The average molecular weight is 370 g/mol. The summed E-state index contributed by atoms with van der Waals surface area (Å²) in [6.45, 7) is 1.92. The number of amides is 2. The van der Waals surface area contributed by atoms with Gasteiger partial charge in [-0.2, -0.15) is 0 Å². The maximum absolute atomic E-state index is 12.8. The summed E-state index contributed by atoms with van der Waals surface area (Å²) in [6.07, 6.45) is 1.43. The van der Waals surface area contributed by atoms with Crippen LogP contribution in [0.15, 0.2) is 44.5 Å². The lowest BCUT2D eigenvalue weighted by Gasteiger charge is -2.27. The Hall–Kier alpha value is -1.84. The van der Waals surface area contributed by atoms with Crippen LogP contribution < -0.4 is 5.32 Å². The number of furan rings is 1. The predicted octanol–water partition coefficient (Wildman–Crippen LogP) is 1.90. The van der Waals surface area contributed by atoms with Gasteiger partial charge in [0.25, 0.3) is 0 Å². The molecule has 0 aromatic carbocycles. The van der Waals surface area contributed by atoms with E-state index in [4.69, 9.17) is 9.15 Å². The molecule has 1 saturated heterocycles. The minimum atomic E-state index is -3.64. The second-order valence-corrected chi connectivity index (χ2v) is 8.57. The monoisotopic (exact) mass is 370 g/mol. The Morgan fingerprint density at radius 1 is 1.29 bits per heavy atom. The molecule has 0 aliphatic carbocycles. The SMILES string of the molecule is O=C(NCC(c1ccco1)S(=O)(=O)c1cccs1)N1CCOCC1. The highest BCUT2D eigenvalue weighted by Gasteiger charge is 2.33. The quantitative estimate of drug-likeness (QED) is 0.868. The van der Waals surface area contributed by atoms with Gasteiger partial charge in [-0.15, -0.1) is 11.3 Å². The molecule has 1 aliphatic rings. The molecule has 3 rings (SSSR count). The Morgan fingerprint density at radius 2 is 2.08 bits per heavy atom. The fraction of sp³-hybridized carbons (Fsp3) is 0.400. The lowest BCUT2D eigenvalue weighted by molar-refractivity contribution is 0.0532. The zero-order valence-corrected chi connectivity index (χ0v) is 14.5. The molecule has 1 unspecified atom stereocenters. The van der Waals surface area contributed by atoms with Crippen LogP contribution in [0.25, 0.3) is 0 Å². The van der Waals surface area contributed by atoms with Crippen LogP contribution in [0, 0.1) is 0 Å². The fourth-order valence-corrected chi connectivity index (χ4v) is 5.25. The molecule has 9 heteroatoms. The first-order valence-electron chi connectivity index (χ1n) is 7.50. The third kappa shape index (κ3) is 3.63. The van der Waals surface area contributed by atoms with E-state index in [1.165, 1.54) is 6.26 Å². The molecule has 2 aromatic heterocycles. The molecular formula is C15H18N2O5S2. The van der Waals surface area contributed by atoms with Crippen molar-refractivity contribution in [3.8, 4) is 0 Å². The number of hydrogen-bond donors (Lipinski definition) is 1. The number of carbonyl (C=O) groups excluding carboxylic acids is 1. The van der Waals surface area contributed by atoms with Crippen molar-refractivity contribution in [1.29, 1.82) is 0 Å². The molecule has 1 fully saturated rings. The molecule has 0 radical (unpaired) electrons. The Labute approximate surface area is 144 Å². The summed E-state index contributed by atoms with van der Waals surface area (Å²) in [5.41, 5.74) is 0. The zero-order valence-electron chi connectivity index (χ0n) is 12.9. The molecule has 1 N–H and O–H groups in total. The molecule has 0 bridgehead atoms. The summed E-state index contributed by atoms with van der Waals surface area (Å²) in [4.78, 5) is 13.8. The molecule has 0 spiro atoms. The van der Waals surface area contributed by atoms with Crippen molar-refractivity contribution >= 4 is 27.2 Å². The maximum atomic E-state index is 12.8. The van der Waals surface area contributed by atoms with Gasteiger partial charge < -0.3 is 19.4 Å². The molecule has 1 atom stereocenters. The summed E-state index contributed by atoms with van der Waals surface area (Å²) >= 11 is 1.15. The lowest BCUT2D eigenvalue weighted by atomic mass is 10.3. The number of carbonyl (C=O) groups is 1. The van der Waals surface area contributed by atoms with Crippen molar-refractivity contribution in [1.82, 2.24) is 10.2 Å². The van der Waals surface area contributed by atoms with Gasteiger partial charge in [-0.1, -0.05) is 6.07 Å². The van der Waals surface area contributed by atoms with Gasteiger partial charge in [0.15, 0.2) is 9.84 Å². The van der Waals surface area contributed by atoms with Crippen LogP contribution in [0.3, 0.4) is 0 Å². The molecule has 2 aromatic rings. The van der Waals surface area contributed by atoms with E-state index < -0.39 is 15.1 Å². The van der Waals surface area contributed by atoms with Gasteiger partial charge in [0.05, 0.1) is 19.5 Å². The molecule has 7 nitrogen and oxygen atoms in total. The van der Waals surface area contributed by atoms with Crippen molar-refractivity contribution in [2.24, 2.45) is 0 Å². The fourth-order valence-electron chi connectivity index (χ4n) is 2.46. The summed E-state index contributed by atoms with van der Waals surface area (Å²) in [7, 11) is -3.64. The Kier molecular flexibility index (Phi) is 5.22. The van der Waals surface area contributed by atoms with E-state index in [1.54, 1.807) is 34.5 Å². The first-order valence-corrected chi connectivity index (χ1v) is 9.93. The van der Waals surface area contributed by atoms with E-state index >= 15 is 0 Å². The van der Waals surface area contributed by atoms with Crippen LogP contribution in [-0.2, 0) is 14.6 Å². The van der Waals surface area contributed by atoms with Crippen LogP contribution in [0.2, 0.25) is 0 Å². The smallest absolute Gasteiger partial charge is 0.317 e. The highest BCUT2D eigenvalue weighted by Crippen LogP contribution is 2.31. The minimum Gasteiger partial charge on any atom is -0.468 e. The summed E-state index contributed by atoms with van der Waals surface area (Å²) in [5.74, 6) is 0.311. The van der Waals surface area contributed by atoms with Crippen LogP contribution >= 0.6 is 11.3 Å². The van der Waals surface area contributed by atoms with Gasteiger partial charge in [-0.05, 0) is 23.6 Å². The van der Waals surface area contributed by atoms with Gasteiger partial charge in [-0.25, -0.2) is 13.2 Å². The summed E-state index contributed by atoms with van der Waals surface area (Å²) in [5, 5.41) is 3.45. The second kappa shape index (κ2) is 7.37. The van der Waals surface area contributed by atoms with Crippen LogP contribution in [0.1, 0.15) is 11.0 Å². The zero-order chi connectivity index (χ0) is 17.0. The van der Waals surface area contributed by atoms with Crippen molar-refractivity contribution in [3.63, 3.8) is 0 Å². The van der Waals surface area contributed by atoms with E-state index in [1.807, 2.05) is 0 Å². The van der Waals surface area contributed by atoms with Gasteiger partial charge in [0.2, 0.25) is 0 Å². The molecule has 130 valence electrons. The van der Waals surface area contributed by atoms with Crippen molar-refractivity contribution in [3.05, 3.63) is 41.7 Å².